The Hall–Kier alpha value is -1.57. The fourth-order valence-electron chi connectivity index (χ4n) is 5.20. The van der Waals surface area contributed by atoms with Crippen LogP contribution in [0.15, 0.2) is 18.2 Å². The van der Waals surface area contributed by atoms with Crippen molar-refractivity contribution in [3.8, 4) is 0 Å². The first-order chi connectivity index (χ1) is 14.2. The molecule has 1 saturated heterocycles. The Morgan fingerprint density at radius 3 is 2.17 bits per heavy atom. The van der Waals surface area contributed by atoms with Crippen LogP contribution in [0.5, 0.6) is 0 Å². The maximum absolute atomic E-state index is 13.6. The standard InChI is InChI=1S/C23H34F2N2O3/c1-16(2)27(17(3)4)22(8-10-23(11-9-22)29-12-5-13-30-23)15-26-21(28)18-6-7-19(24)20(25)14-18/h6-7,14,16-17H,5,8-13,15H2,1-4H3,(H,26,28). The summed E-state index contributed by atoms with van der Waals surface area (Å²) in [5.41, 5.74) is -0.137. The third kappa shape index (κ3) is 4.84. The molecule has 1 aromatic carbocycles. The molecule has 7 heteroatoms. The number of carbonyl (C=O) groups excluding carboxylic acids is 1. The summed E-state index contributed by atoms with van der Waals surface area (Å²) in [5.74, 6) is -2.88. The second-order valence-electron chi connectivity index (χ2n) is 9.09. The van der Waals surface area contributed by atoms with E-state index in [-0.39, 0.29) is 23.2 Å². The van der Waals surface area contributed by atoms with Gasteiger partial charge in [-0.25, -0.2) is 8.78 Å². The lowest BCUT2D eigenvalue weighted by Crippen LogP contribution is -2.64. The first-order valence-corrected chi connectivity index (χ1v) is 11.0. The van der Waals surface area contributed by atoms with Crippen molar-refractivity contribution in [1.29, 1.82) is 0 Å². The van der Waals surface area contributed by atoms with E-state index < -0.39 is 23.3 Å². The van der Waals surface area contributed by atoms with Gasteiger partial charge in [-0.1, -0.05) is 0 Å². The average molecular weight is 425 g/mol. The number of nitrogens with zero attached hydrogens (tertiary/aromatic N) is 1. The first kappa shape index (κ1) is 23.1. The van der Waals surface area contributed by atoms with Gasteiger partial charge in [0, 0.05) is 42.6 Å². The third-order valence-corrected chi connectivity index (χ3v) is 6.38. The van der Waals surface area contributed by atoms with Crippen molar-refractivity contribution in [2.24, 2.45) is 0 Å². The number of amides is 1. The average Bonchev–Trinajstić information content (AvgIpc) is 2.71. The Balaban J connectivity index is 1.78. The van der Waals surface area contributed by atoms with E-state index >= 15 is 0 Å². The molecule has 2 fully saturated rings. The lowest BCUT2D eigenvalue weighted by molar-refractivity contribution is -0.289. The summed E-state index contributed by atoms with van der Waals surface area (Å²) in [6.07, 6.45) is 4.10. The van der Waals surface area contributed by atoms with Gasteiger partial charge in [-0.15, -0.1) is 0 Å². The van der Waals surface area contributed by atoms with E-state index in [2.05, 4.69) is 37.9 Å². The van der Waals surface area contributed by atoms with Gasteiger partial charge in [0.25, 0.3) is 5.91 Å². The predicted molar refractivity (Wildman–Crippen MR) is 111 cm³/mol. The summed E-state index contributed by atoms with van der Waals surface area (Å²) in [7, 11) is 0. The Labute approximate surface area is 178 Å². The molecule has 1 amide bonds. The van der Waals surface area contributed by atoms with Crippen molar-refractivity contribution in [1.82, 2.24) is 10.2 Å². The van der Waals surface area contributed by atoms with Gasteiger partial charge in [0.1, 0.15) is 0 Å². The van der Waals surface area contributed by atoms with E-state index in [1.54, 1.807) is 0 Å². The molecule has 2 aliphatic rings. The van der Waals surface area contributed by atoms with Crippen LogP contribution in [0.2, 0.25) is 0 Å². The van der Waals surface area contributed by atoms with E-state index in [4.69, 9.17) is 9.47 Å². The number of benzene rings is 1. The summed E-state index contributed by atoms with van der Waals surface area (Å²) >= 11 is 0. The maximum atomic E-state index is 13.6. The molecule has 0 radical (unpaired) electrons. The zero-order valence-electron chi connectivity index (χ0n) is 18.5. The molecule has 1 aromatic rings. The second kappa shape index (κ2) is 9.28. The number of nitrogens with one attached hydrogen (secondary N) is 1. The molecule has 1 spiro atoms. The molecule has 0 atom stereocenters. The SMILES string of the molecule is CC(C)N(C(C)C)C1(CNC(=O)c2ccc(F)c(F)c2)CCC2(CC1)OCCCO2. The molecule has 5 nitrogen and oxygen atoms in total. The summed E-state index contributed by atoms with van der Waals surface area (Å²) in [6, 6.07) is 3.80. The van der Waals surface area contributed by atoms with Gasteiger partial charge in [0.15, 0.2) is 17.4 Å². The fraction of sp³-hybridized carbons (Fsp3) is 0.696. The Kier molecular flexibility index (Phi) is 7.15. The highest BCUT2D eigenvalue weighted by atomic mass is 19.2. The first-order valence-electron chi connectivity index (χ1n) is 11.0. The molecule has 168 valence electrons. The lowest BCUT2D eigenvalue weighted by Gasteiger charge is -2.54. The number of carbonyl (C=O) groups is 1. The van der Waals surface area contributed by atoms with Crippen LogP contribution >= 0.6 is 0 Å². The van der Waals surface area contributed by atoms with Crippen molar-refractivity contribution in [2.75, 3.05) is 19.8 Å². The largest absolute Gasteiger partial charge is 0.350 e. The molecule has 1 saturated carbocycles. The van der Waals surface area contributed by atoms with Crippen LogP contribution in [-0.2, 0) is 9.47 Å². The van der Waals surface area contributed by atoms with Crippen LogP contribution in [0.1, 0.15) is 70.2 Å². The van der Waals surface area contributed by atoms with E-state index in [0.717, 1.165) is 57.5 Å². The summed E-state index contributed by atoms with van der Waals surface area (Å²) in [5, 5.41) is 2.99. The highest BCUT2D eigenvalue weighted by Crippen LogP contribution is 2.43. The molecule has 1 aliphatic carbocycles. The van der Waals surface area contributed by atoms with E-state index in [1.165, 1.54) is 6.07 Å². The third-order valence-electron chi connectivity index (χ3n) is 6.38. The smallest absolute Gasteiger partial charge is 0.251 e. The Morgan fingerprint density at radius 1 is 1.03 bits per heavy atom. The maximum Gasteiger partial charge on any atom is 0.251 e. The van der Waals surface area contributed by atoms with Crippen molar-refractivity contribution in [2.45, 2.75) is 83.2 Å². The normalized spacial score (nSPS) is 20.8. The van der Waals surface area contributed by atoms with Crippen molar-refractivity contribution < 1.29 is 23.0 Å². The number of ether oxygens (including phenoxy) is 2. The van der Waals surface area contributed by atoms with Gasteiger partial charge in [0.2, 0.25) is 0 Å². The van der Waals surface area contributed by atoms with Crippen LogP contribution in [0.4, 0.5) is 8.78 Å². The minimum atomic E-state index is -1.02. The van der Waals surface area contributed by atoms with Gasteiger partial charge in [0.05, 0.1) is 13.2 Å². The van der Waals surface area contributed by atoms with E-state index in [1.807, 2.05) is 0 Å². The minimum absolute atomic E-state index is 0.121. The number of hydrogen-bond donors (Lipinski definition) is 1. The molecule has 0 bridgehead atoms. The monoisotopic (exact) mass is 424 g/mol. The molecular formula is C23H34F2N2O3. The van der Waals surface area contributed by atoms with Crippen LogP contribution in [0, 0.1) is 11.6 Å². The topological polar surface area (TPSA) is 50.8 Å². The molecule has 1 heterocycles. The highest BCUT2D eigenvalue weighted by Gasteiger charge is 2.49. The zero-order chi connectivity index (χ0) is 21.9. The lowest BCUT2D eigenvalue weighted by atomic mass is 9.75. The quantitative estimate of drug-likeness (QED) is 0.741. The molecule has 0 unspecified atom stereocenters. The van der Waals surface area contributed by atoms with Gasteiger partial charge in [-0.3, -0.25) is 9.69 Å². The molecule has 1 N–H and O–H groups in total. The van der Waals surface area contributed by atoms with Crippen LogP contribution < -0.4 is 5.32 Å². The fourth-order valence-corrected chi connectivity index (χ4v) is 5.20. The molecule has 30 heavy (non-hydrogen) atoms. The van der Waals surface area contributed by atoms with Gasteiger partial charge >= 0.3 is 0 Å². The minimum Gasteiger partial charge on any atom is -0.350 e. The van der Waals surface area contributed by atoms with Crippen LogP contribution in [-0.4, -0.2) is 54.0 Å². The van der Waals surface area contributed by atoms with Gasteiger partial charge < -0.3 is 14.8 Å². The van der Waals surface area contributed by atoms with Crippen molar-refractivity contribution in [3.63, 3.8) is 0 Å². The Bertz CT molecular complexity index is 730. The summed E-state index contributed by atoms with van der Waals surface area (Å²) in [4.78, 5) is 15.1. The molecular weight excluding hydrogens is 390 g/mol. The summed E-state index contributed by atoms with van der Waals surface area (Å²) in [6.45, 7) is 10.5. The number of hydrogen-bond acceptors (Lipinski definition) is 4. The van der Waals surface area contributed by atoms with E-state index in [9.17, 15) is 13.6 Å². The van der Waals surface area contributed by atoms with Gasteiger partial charge in [-0.2, -0.15) is 0 Å². The number of halogens is 2. The molecule has 3 rings (SSSR count). The zero-order valence-corrected chi connectivity index (χ0v) is 18.5. The Morgan fingerprint density at radius 2 is 1.63 bits per heavy atom. The van der Waals surface area contributed by atoms with Crippen molar-refractivity contribution in [3.05, 3.63) is 35.4 Å². The van der Waals surface area contributed by atoms with Crippen molar-refractivity contribution >= 4 is 5.91 Å². The molecule has 1 aliphatic heterocycles. The second-order valence-corrected chi connectivity index (χ2v) is 9.09. The predicted octanol–water partition coefficient (Wildman–Crippen LogP) is 4.26. The molecule has 0 aromatic heterocycles. The highest BCUT2D eigenvalue weighted by molar-refractivity contribution is 5.94. The van der Waals surface area contributed by atoms with Crippen LogP contribution in [0.3, 0.4) is 0 Å². The van der Waals surface area contributed by atoms with E-state index in [0.29, 0.717) is 6.54 Å². The number of rotatable bonds is 6. The van der Waals surface area contributed by atoms with Gasteiger partial charge in [-0.05, 0) is 65.2 Å². The summed E-state index contributed by atoms with van der Waals surface area (Å²) < 4.78 is 38.8. The van der Waals surface area contributed by atoms with Crippen LogP contribution in [0.25, 0.3) is 0 Å².